The minimum absolute atomic E-state index is 0.298. The number of rotatable bonds is 2. The third-order valence-electron chi connectivity index (χ3n) is 3.20. The predicted octanol–water partition coefficient (Wildman–Crippen LogP) is 4.30. The molecule has 0 atom stereocenters. The van der Waals surface area contributed by atoms with Crippen LogP contribution in [-0.4, -0.2) is 10.9 Å². The third kappa shape index (κ3) is 2.64. The molecule has 0 aliphatic heterocycles. The van der Waals surface area contributed by atoms with Gasteiger partial charge in [0.05, 0.1) is 5.69 Å². The summed E-state index contributed by atoms with van der Waals surface area (Å²) in [6.45, 7) is 3.93. The van der Waals surface area contributed by atoms with Crippen LogP contribution in [0.5, 0.6) is 0 Å². The van der Waals surface area contributed by atoms with E-state index in [1.807, 2.05) is 25.3 Å². The van der Waals surface area contributed by atoms with Crippen LogP contribution < -0.4 is 5.32 Å². The fraction of sp³-hybridized carbons (Fsp3) is 0.125. The molecule has 0 aliphatic rings. The molecule has 0 radical (unpaired) electrons. The molecule has 1 aromatic carbocycles. The highest BCUT2D eigenvalue weighted by Gasteiger charge is 2.13. The Morgan fingerprint density at radius 3 is 2.86 bits per heavy atom. The first-order valence-electron chi connectivity index (χ1n) is 6.47. The molecule has 1 amide bonds. The van der Waals surface area contributed by atoms with Crippen LogP contribution in [0.1, 0.15) is 21.6 Å². The number of amides is 1. The largest absolute Gasteiger partial charge is 0.321 e. The molecule has 0 saturated heterocycles. The number of aromatic nitrogens is 1. The van der Waals surface area contributed by atoms with Gasteiger partial charge in [0, 0.05) is 22.0 Å². The van der Waals surface area contributed by atoms with Crippen LogP contribution >= 0.6 is 11.3 Å². The summed E-state index contributed by atoms with van der Waals surface area (Å²) in [6.07, 6.45) is 0. The number of carbonyl (C=O) groups excluding carboxylic acids is 1. The normalized spacial score (nSPS) is 10.8. The third-order valence-corrected chi connectivity index (χ3v) is 4.08. The molecule has 0 fully saturated rings. The van der Waals surface area contributed by atoms with Crippen molar-refractivity contribution in [3.8, 4) is 0 Å². The summed E-state index contributed by atoms with van der Waals surface area (Å²) in [6, 6.07) is 7.62. The summed E-state index contributed by atoms with van der Waals surface area (Å²) in [5.41, 5.74) is 3.03. The Morgan fingerprint density at radius 2 is 2.10 bits per heavy atom. The minimum Gasteiger partial charge on any atom is -0.321 e. The molecule has 5 heteroatoms. The number of pyridine rings is 1. The zero-order valence-corrected chi connectivity index (χ0v) is 12.4. The van der Waals surface area contributed by atoms with Gasteiger partial charge in [-0.05, 0) is 43.7 Å². The van der Waals surface area contributed by atoms with Crippen molar-refractivity contribution >= 4 is 33.1 Å². The highest BCUT2D eigenvalue weighted by Crippen LogP contribution is 2.32. The van der Waals surface area contributed by atoms with Crippen molar-refractivity contribution in [1.29, 1.82) is 0 Å². The van der Waals surface area contributed by atoms with Gasteiger partial charge in [-0.2, -0.15) is 0 Å². The number of hydrogen-bond acceptors (Lipinski definition) is 3. The number of nitrogens with one attached hydrogen (secondary N) is 1. The van der Waals surface area contributed by atoms with E-state index in [1.54, 1.807) is 6.07 Å². The summed E-state index contributed by atoms with van der Waals surface area (Å²) in [4.78, 5) is 17.5. The number of thiophene rings is 1. The molecule has 0 aliphatic carbocycles. The lowest BCUT2D eigenvalue weighted by Crippen LogP contribution is -2.11. The second kappa shape index (κ2) is 5.26. The topological polar surface area (TPSA) is 42.0 Å². The van der Waals surface area contributed by atoms with Crippen molar-refractivity contribution in [3.05, 3.63) is 58.3 Å². The Hall–Kier alpha value is -2.27. The van der Waals surface area contributed by atoms with Crippen molar-refractivity contribution in [3.63, 3.8) is 0 Å². The fourth-order valence-corrected chi connectivity index (χ4v) is 3.30. The SMILES string of the molecule is Cc1cc(C)c2c(NC(=O)c3cccc(F)c3)csc2n1. The van der Waals surface area contributed by atoms with Crippen LogP contribution in [0.15, 0.2) is 35.7 Å². The molecule has 0 saturated carbocycles. The van der Waals surface area contributed by atoms with Gasteiger partial charge >= 0.3 is 0 Å². The van der Waals surface area contributed by atoms with Gasteiger partial charge in [0.25, 0.3) is 5.91 Å². The van der Waals surface area contributed by atoms with E-state index in [0.29, 0.717) is 11.3 Å². The fourth-order valence-electron chi connectivity index (χ4n) is 2.31. The Kier molecular flexibility index (Phi) is 3.43. The van der Waals surface area contributed by atoms with E-state index >= 15 is 0 Å². The molecule has 2 aromatic heterocycles. The highest BCUT2D eigenvalue weighted by atomic mass is 32.1. The van der Waals surface area contributed by atoms with Gasteiger partial charge in [-0.25, -0.2) is 9.37 Å². The van der Waals surface area contributed by atoms with Crippen LogP contribution in [0.2, 0.25) is 0 Å². The van der Waals surface area contributed by atoms with Gasteiger partial charge in [-0.3, -0.25) is 4.79 Å². The van der Waals surface area contributed by atoms with Gasteiger partial charge < -0.3 is 5.32 Å². The minimum atomic E-state index is -0.425. The molecule has 1 N–H and O–H groups in total. The van der Waals surface area contributed by atoms with Crippen LogP contribution in [0, 0.1) is 19.7 Å². The Bertz CT molecular complexity index is 841. The van der Waals surface area contributed by atoms with Crippen molar-refractivity contribution in [2.75, 3.05) is 5.32 Å². The number of nitrogens with zero attached hydrogens (tertiary/aromatic N) is 1. The second-order valence-electron chi connectivity index (χ2n) is 4.87. The monoisotopic (exact) mass is 300 g/mol. The van der Waals surface area contributed by atoms with Gasteiger partial charge in [0.15, 0.2) is 0 Å². The molecular weight excluding hydrogens is 287 g/mol. The highest BCUT2D eigenvalue weighted by molar-refractivity contribution is 7.17. The first-order chi connectivity index (χ1) is 10.0. The summed E-state index contributed by atoms with van der Waals surface area (Å²) < 4.78 is 13.2. The maximum absolute atomic E-state index is 13.2. The Balaban J connectivity index is 1.97. The second-order valence-corrected chi connectivity index (χ2v) is 5.73. The molecule has 3 rings (SSSR count). The molecule has 0 unspecified atom stereocenters. The molecule has 106 valence electrons. The van der Waals surface area contributed by atoms with E-state index < -0.39 is 5.82 Å². The molecule has 3 aromatic rings. The first-order valence-corrected chi connectivity index (χ1v) is 7.35. The number of anilines is 1. The maximum Gasteiger partial charge on any atom is 0.255 e. The van der Waals surface area contributed by atoms with E-state index in [4.69, 9.17) is 0 Å². The summed E-state index contributed by atoms with van der Waals surface area (Å²) in [7, 11) is 0. The lowest BCUT2D eigenvalue weighted by Gasteiger charge is -2.06. The lowest BCUT2D eigenvalue weighted by atomic mass is 10.1. The van der Waals surface area contributed by atoms with Crippen LogP contribution in [-0.2, 0) is 0 Å². The number of aryl methyl sites for hydroxylation is 2. The molecular formula is C16H13FN2OS. The lowest BCUT2D eigenvalue weighted by molar-refractivity contribution is 0.102. The number of halogens is 1. The molecule has 2 heterocycles. The summed E-state index contributed by atoms with van der Waals surface area (Å²) in [5.74, 6) is -0.750. The van der Waals surface area contributed by atoms with E-state index in [9.17, 15) is 9.18 Å². The van der Waals surface area contributed by atoms with Gasteiger partial charge in [0.1, 0.15) is 10.6 Å². The molecule has 21 heavy (non-hydrogen) atoms. The van der Waals surface area contributed by atoms with Crippen molar-refractivity contribution in [1.82, 2.24) is 4.98 Å². The van der Waals surface area contributed by atoms with Crippen LogP contribution in [0.3, 0.4) is 0 Å². The standard InChI is InChI=1S/C16H13FN2OS/c1-9-6-10(2)18-16-14(9)13(8-21-16)19-15(20)11-4-3-5-12(17)7-11/h3-8H,1-2H3,(H,19,20). The summed E-state index contributed by atoms with van der Waals surface area (Å²) in [5, 5.41) is 5.64. The smallest absolute Gasteiger partial charge is 0.255 e. The molecule has 3 nitrogen and oxygen atoms in total. The van der Waals surface area contributed by atoms with Crippen LogP contribution in [0.4, 0.5) is 10.1 Å². The van der Waals surface area contributed by atoms with E-state index in [0.717, 1.165) is 21.5 Å². The number of hydrogen-bond donors (Lipinski definition) is 1. The predicted molar refractivity (Wildman–Crippen MR) is 83.4 cm³/mol. The van der Waals surface area contributed by atoms with E-state index in [1.165, 1.54) is 29.5 Å². The van der Waals surface area contributed by atoms with Crippen molar-refractivity contribution < 1.29 is 9.18 Å². The average Bonchev–Trinajstić information content (AvgIpc) is 2.81. The quantitative estimate of drug-likeness (QED) is 0.766. The first kappa shape index (κ1) is 13.7. The zero-order chi connectivity index (χ0) is 15.0. The Morgan fingerprint density at radius 1 is 1.29 bits per heavy atom. The van der Waals surface area contributed by atoms with Crippen molar-refractivity contribution in [2.45, 2.75) is 13.8 Å². The molecule has 0 bridgehead atoms. The number of carbonyl (C=O) groups is 1. The van der Waals surface area contributed by atoms with Gasteiger partial charge in [-0.15, -0.1) is 11.3 Å². The molecule has 0 spiro atoms. The van der Waals surface area contributed by atoms with E-state index in [2.05, 4.69) is 10.3 Å². The van der Waals surface area contributed by atoms with Gasteiger partial charge in [-0.1, -0.05) is 6.07 Å². The Labute approximate surface area is 125 Å². The zero-order valence-electron chi connectivity index (χ0n) is 11.6. The van der Waals surface area contributed by atoms with Crippen LogP contribution in [0.25, 0.3) is 10.2 Å². The van der Waals surface area contributed by atoms with Gasteiger partial charge in [0.2, 0.25) is 0 Å². The van der Waals surface area contributed by atoms with E-state index in [-0.39, 0.29) is 5.91 Å². The number of benzene rings is 1. The maximum atomic E-state index is 13.2. The van der Waals surface area contributed by atoms with Crippen molar-refractivity contribution in [2.24, 2.45) is 0 Å². The summed E-state index contributed by atoms with van der Waals surface area (Å²) >= 11 is 1.48. The average molecular weight is 300 g/mol. The number of fused-ring (bicyclic) bond motifs is 1.